The summed E-state index contributed by atoms with van der Waals surface area (Å²) in [7, 11) is 0. The summed E-state index contributed by atoms with van der Waals surface area (Å²) < 4.78 is 0. The van der Waals surface area contributed by atoms with Gasteiger partial charge in [0.1, 0.15) is 0 Å². The highest BCUT2D eigenvalue weighted by molar-refractivity contribution is 7.14. The number of nitrogens with zero attached hydrogens (tertiary/aromatic N) is 3. The van der Waals surface area contributed by atoms with E-state index in [1.54, 1.807) is 12.1 Å². The van der Waals surface area contributed by atoms with Gasteiger partial charge in [-0.15, -0.1) is 36.2 Å². The van der Waals surface area contributed by atoms with Crippen molar-refractivity contribution >= 4 is 53.1 Å². The van der Waals surface area contributed by atoms with Gasteiger partial charge in [0, 0.05) is 56.3 Å². The fraction of sp³-hybridized carbons (Fsp3) is 0.450. The lowest BCUT2D eigenvalue weighted by Crippen LogP contribution is -2.49. The lowest BCUT2D eigenvalue weighted by atomic mass is 10.2. The number of benzene rings is 1. The van der Waals surface area contributed by atoms with Crippen LogP contribution in [0.3, 0.4) is 0 Å². The number of anilines is 1. The average molecular weight is 472 g/mol. The van der Waals surface area contributed by atoms with Gasteiger partial charge in [0.2, 0.25) is 5.91 Å². The summed E-state index contributed by atoms with van der Waals surface area (Å²) in [5, 5.41) is 8.55. The Kier molecular flexibility index (Phi) is 9.51. The SMILES string of the molecule is Cl.Cl.O=C(Nc1nc(CC(=O)N2CCC(N3CCNCC3)C2)cs1)c1ccccc1. The number of rotatable bonds is 5. The highest BCUT2D eigenvalue weighted by Gasteiger charge is 2.31. The Balaban J connectivity index is 0.00000160. The van der Waals surface area contributed by atoms with Crippen LogP contribution >= 0.6 is 36.2 Å². The first-order valence-corrected chi connectivity index (χ1v) is 10.6. The molecule has 2 aliphatic heterocycles. The molecule has 0 radical (unpaired) electrons. The van der Waals surface area contributed by atoms with Gasteiger partial charge in [-0.05, 0) is 18.6 Å². The molecule has 4 rings (SSSR count). The van der Waals surface area contributed by atoms with Crippen LogP contribution in [0.25, 0.3) is 0 Å². The van der Waals surface area contributed by atoms with E-state index in [0.717, 1.165) is 45.7 Å². The molecule has 2 aliphatic rings. The number of thiazole rings is 1. The van der Waals surface area contributed by atoms with E-state index in [1.165, 1.54) is 11.3 Å². The Morgan fingerprint density at radius 1 is 1.13 bits per heavy atom. The van der Waals surface area contributed by atoms with Crippen molar-refractivity contribution in [3.63, 3.8) is 0 Å². The van der Waals surface area contributed by atoms with Gasteiger partial charge in [0.25, 0.3) is 5.91 Å². The molecule has 0 spiro atoms. The molecule has 1 aromatic heterocycles. The maximum Gasteiger partial charge on any atom is 0.257 e. The summed E-state index contributed by atoms with van der Waals surface area (Å²) >= 11 is 1.35. The van der Waals surface area contributed by atoms with Gasteiger partial charge in [-0.1, -0.05) is 18.2 Å². The number of likely N-dealkylation sites (tertiary alicyclic amines) is 1. The lowest BCUT2D eigenvalue weighted by molar-refractivity contribution is -0.129. The number of aromatic nitrogens is 1. The van der Waals surface area contributed by atoms with E-state index in [0.29, 0.717) is 22.4 Å². The highest BCUT2D eigenvalue weighted by Crippen LogP contribution is 2.20. The van der Waals surface area contributed by atoms with Crippen LogP contribution in [0.2, 0.25) is 0 Å². The maximum atomic E-state index is 12.7. The monoisotopic (exact) mass is 471 g/mol. The largest absolute Gasteiger partial charge is 0.341 e. The zero-order valence-corrected chi connectivity index (χ0v) is 19.0. The number of carbonyl (C=O) groups excluding carboxylic acids is 2. The van der Waals surface area contributed by atoms with Crippen LogP contribution < -0.4 is 10.6 Å². The van der Waals surface area contributed by atoms with E-state index >= 15 is 0 Å². The summed E-state index contributed by atoms with van der Waals surface area (Å²) in [6, 6.07) is 9.51. The summed E-state index contributed by atoms with van der Waals surface area (Å²) in [5.41, 5.74) is 1.30. The first-order valence-electron chi connectivity index (χ1n) is 9.72. The Morgan fingerprint density at radius 3 is 2.60 bits per heavy atom. The molecule has 1 unspecified atom stereocenters. The molecule has 10 heteroatoms. The molecule has 2 amide bonds. The molecule has 3 heterocycles. The standard InChI is InChI=1S/C20H25N5O2S.2ClH/c26-18(25-9-6-17(13-25)24-10-7-21-8-11-24)12-16-14-28-20(22-16)23-19(27)15-4-2-1-3-5-15;;/h1-5,14,17,21H,6-13H2,(H,22,23,27);2*1H. The van der Waals surface area contributed by atoms with Crippen molar-refractivity contribution in [1.29, 1.82) is 0 Å². The Morgan fingerprint density at radius 2 is 1.87 bits per heavy atom. The number of halogens is 2. The van der Waals surface area contributed by atoms with Crippen molar-refractivity contribution in [2.24, 2.45) is 0 Å². The van der Waals surface area contributed by atoms with Gasteiger partial charge in [-0.2, -0.15) is 0 Å². The van der Waals surface area contributed by atoms with Gasteiger partial charge >= 0.3 is 0 Å². The number of amides is 2. The zero-order valence-electron chi connectivity index (χ0n) is 16.6. The molecule has 7 nitrogen and oxygen atoms in total. The smallest absolute Gasteiger partial charge is 0.257 e. The molecule has 164 valence electrons. The summed E-state index contributed by atoms with van der Waals surface area (Å²) in [6.45, 7) is 5.80. The minimum Gasteiger partial charge on any atom is -0.341 e. The van der Waals surface area contributed by atoms with Crippen LogP contribution in [0.15, 0.2) is 35.7 Å². The fourth-order valence-electron chi connectivity index (χ4n) is 3.78. The third kappa shape index (κ3) is 6.15. The third-order valence-corrected chi connectivity index (χ3v) is 6.13. The fourth-order valence-corrected chi connectivity index (χ4v) is 4.49. The summed E-state index contributed by atoms with van der Waals surface area (Å²) in [4.78, 5) is 33.7. The molecule has 1 aromatic carbocycles. The van der Waals surface area contributed by atoms with Crippen molar-refractivity contribution in [3.8, 4) is 0 Å². The van der Waals surface area contributed by atoms with Crippen molar-refractivity contribution in [1.82, 2.24) is 20.1 Å². The van der Waals surface area contributed by atoms with Crippen LogP contribution in [-0.4, -0.2) is 71.9 Å². The van der Waals surface area contributed by atoms with E-state index in [-0.39, 0.29) is 43.0 Å². The molecule has 2 aromatic rings. The van der Waals surface area contributed by atoms with Gasteiger partial charge in [0.05, 0.1) is 12.1 Å². The molecule has 2 N–H and O–H groups in total. The second-order valence-electron chi connectivity index (χ2n) is 7.21. The second-order valence-corrected chi connectivity index (χ2v) is 8.07. The molecule has 1 atom stereocenters. The highest BCUT2D eigenvalue weighted by atomic mass is 35.5. The number of carbonyl (C=O) groups is 2. The van der Waals surface area contributed by atoms with Crippen molar-refractivity contribution in [3.05, 3.63) is 47.0 Å². The van der Waals surface area contributed by atoms with Crippen LogP contribution in [0.5, 0.6) is 0 Å². The molecular weight excluding hydrogens is 445 g/mol. The predicted molar refractivity (Wildman–Crippen MR) is 124 cm³/mol. The zero-order chi connectivity index (χ0) is 19.3. The van der Waals surface area contributed by atoms with E-state index in [9.17, 15) is 9.59 Å². The first-order chi connectivity index (χ1) is 13.7. The second kappa shape index (κ2) is 11.6. The van der Waals surface area contributed by atoms with Crippen molar-refractivity contribution in [2.45, 2.75) is 18.9 Å². The lowest BCUT2D eigenvalue weighted by Gasteiger charge is -2.32. The molecule has 0 saturated carbocycles. The van der Waals surface area contributed by atoms with Crippen molar-refractivity contribution in [2.75, 3.05) is 44.6 Å². The summed E-state index contributed by atoms with van der Waals surface area (Å²) in [5.74, 6) is -0.0740. The molecule has 2 saturated heterocycles. The number of hydrogen-bond acceptors (Lipinski definition) is 6. The van der Waals surface area contributed by atoms with Crippen LogP contribution in [0.1, 0.15) is 22.5 Å². The Labute approximate surface area is 193 Å². The Hall–Kier alpha value is -1.71. The average Bonchev–Trinajstić information content (AvgIpc) is 3.39. The van der Waals surface area contributed by atoms with E-state index < -0.39 is 0 Å². The predicted octanol–water partition coefficient (Wildman–Crippen LogP) is 2.29. The van der Waals surface area contributed by atoms with Gasteiger partial charge in [-0.25, -0.2) is 4.98 Å². The van der Waals surface area contributed by atoms with Gasteiger partial charge in [-0.3, -0.25) is 19.8 Å². The number of nitrogens with one attached hydrogen (secondary N) is 2. The van der Waals surface area contributed by atoms with E-state index in [1.807, 2.05) is 28.5 Å². The quantitative estimate of drug-likeness (QED) is 0.699. The number of piperazine rings is 1. The minimum atomic E-state index is -0.189. The van der Waals surface area contributed by atoms with Gasteiger partial charge in [0.15, 0.2) is 5.13 Å². The van der Waals surface area contributed by atoms with Crippen LogP contribution in [0.4, 0.5) is 5.13 Å². The minimum absolute atomic E-state index is 0. The molecule has 2 fully saturated rings. The number of hydrogen-bond donors (Lipinski definition) is 2. The maximum absolute atomic E-state index is 12.7. The van der Waals surface area contributed by atoms with Crippen LogP contribution in [-0.2, 0) is 11.2 Å². The molecule has 30 heavy (non-hydrogen) atoms. The third-order valence-electron chi connectivity index (χ3n) is 5.32. The van der Waals surface area contributed by atoms with E-state index in [2.05, 4.69) is 20.5 Å². The van der Waals surface area contributed by atoms with E-state index in [4.69, 9.17) is 0 Å². The van der Waals surface area contributed by atoms with Crippen LogP contribution in [0, 0.1) is 0 Å². The van der Waals surface area contributed by atoms with Gasteiger partial charge < -0.3 is 10.2 Å². The van der Waals surface area contributed by atoms with Crippen molar-refractivity contribution < 1.29 is 9.59 Å². The summed E-state index contributed by atoms with van der Waals surface area (Å²) in [6.07, 6.45) is 1.33. The topological polar surface area (TPSA) is 77.6 Å². The molecule has 0 aliphatic carbocycles. The molecule has 0 bridgehead atoms. The normalized spacial score (nSPS) is 18.9. The first kappa shape index (κ1) is 24.6. The molecular formula is C20H27Cl2N5O2S. The Bertz CT molecular complexity index is 830.